The molecule has 6 nitrogen and oxygen atoms in total. The zero-order valence-corrected chi connectivity index (χ0v) is 14.1. The molecular formula is C19H17NO5. The normalized spacial score (nSPS) is 10.5. The molecule has 0 saturated heterocycles. The third kappa shape index (κ3) is 3.19. The lowest BCUT2D eigenvalue weighted by Crippen LogP contribution is -2.25. The van der Waals surface area contributed by atoms with Crippen molar-refractivity contribution in [3.05, 3.63) is 59.0 Å². The molecule has 1 amide bonds. The van der Waals surface area contributed by atoms with Gasteiger partial charge < -0.3 is 18.8 Å². The van der Waals surface area contributed by atoms with E-state index < -0.39 is 6.09 Å². The Balaban J connectivity index is 2.16. The van der Waals surface area contributed by atoms with Crippen molar-refractivity contribution in [1.82, 2.24) is 4.90 Å². The number of hydrogen-bond donors (Lipinski definition) is 0. The Bertz CT molecular complexity index is 976. The van der Waals surface area contributed by atoms with E-state index in [9.17, 15) is 9.59 Å². The van der Waals surface area contributed by atoms with E-state index in [0.717, 1.165) is 5.56 Å². The largest absolute Gasteiger partial charge is 0.496 e. The minimum atomic E-state index is -0.537. The van der Waals surface area contributed by atoms with Crippen LogP contribution in [0.3, 0.4) is 0 Å². The predicted octanol–water partition coefficient (Wildman–Crippen LogP) is 3.53. The SMILES string of the molecule is COc1cc(OC(=O)N(C)C)cc2occ(-c3ccccc3)c(=O)c12. The van der Waals surface area contributed by atoms with E-state index in [4.69, 9.17) is 13.9 Å². The predicted molar refractivity (Wildman–Crippen MR) is 94.2 cm³/mol. The highest BCUT2D eigenvalue weighted by molar-refractivity contribution is 5.89. The van der Waals surface area contributed by atoms with Crippen molar-refractivity contribution in [3.63, 3.8) is 0 Å². The molecule has 3 aromatic rings. The summed E-state index contributed by atoms with van der Waals surface area (Å²) in [7, 11) is 4.60. The van der Waals surface area contributed by atoms with Crippen LogP contribution in [0.4, 0.5) is 4.79 Å². The molecule has 0 aliphatic heterocycles. The average molecular weight is 339 g/mol. The van der Waals surface area contributed by atoms with Gasteiger partial charge in [-0.3, -0.25) is 4.79 Å². The molecule has 0 saturated carbocycles. The van der Waals surface area contributed by atoms with Crippen molar-refractivity contribution >= 4 is 17.1 Å². The second-order valence-corrected chi connectivity index (χ2v) is 5.61. The molecule has 0 spiro atoms. The Morgan fingerprint density at radius 2 is 1.84 bits per heavy atom. The second-order valence-electron chi connectivity index (χ2n) is 5.61. The van der Waals surface area contributed by atoms with Crippen LogP contribution in [0.5, 0.6) is 11.5 Å². The van der Waals surface area contributed by atoms with Gasteiger partial charge in [0.15, 0.2) is 0 Å². The molecule has 1 heterocycles. The zero-order chi connectivity index (χ0) is 18.0. The molecule has 0 bridgehead atoms. The Labute approximate surface area is 144 Å². The number of ether oxygens (including phenoxy) is 2. The Hall–Kier alpha value is -3.28. The van der Waals surface area contributed by atoms with Gasteiger partial charge in [0.1, 0.15) is 28.7 Å². The van der Waals surface area contributed by atoms with Gasteiger partial charge in [0.25, 0.3) is 0 Å². The number of nitrogens with zero attached hydrogens (tertiary/aromatic N) is 1. The first-order chi connectivity index (χ1) is 12.0. The first-order valence-corrected chi connectivity index (χ1v) is 7.59. The number of hydrogen-bond acceptors (Lipinski definition) is 5. The van der Waals surface area contributed by atoms with Crippen LogP contribution in [0.2, 0.25) is 0 Å². The van der Waals surface area contributed by atoms with E-state index in [-0.39, 0.29) is 22.5 Å². The van der Waals surface area contributed by atoms with Gasteiger partial charge in [-0.2, -0.15) is 0 Å². The molecule has 3 rings (SSSR count). The molecule has 2 aromatic carbocycles. The summed E-state index contributed by atoms with van der Waals surface area (Å²) < 4.78 is 16.2. The molecule has 0 fully saturated rings. The van der Waals surface area contributed by atoms with Crippen LogP contribution in [0.25, 0.3) is 22.1 Å². The summed E-state index contributed by atoms with van der Waals surface area (Å²) in [6.07, 6.45) is 0.862. The van der Waals surface area contributed by atoms with Gasteiger partial charge in [-0.25, -0.2) is 4.79 Å². The van der Waals surface area contributed by atoms with E-state index in [1.54, 1.807) is 14.1 Å². The van der Waals surface area contributed by atoms with Gasteiger partial charge in [0.05, 0.1) is 12.7 Å². The summed E-state index contributed by atoms with van der Waals surface area (Å²) in [5.41, 5.74) is 1.26. The molecule has 0 unspecified atom stereocenters. The van der Waals surface area contributed by atoms with E-state index >= 15 is 0 Å². The van der Waals surface area contributed by atoms with Crippen molar-refractivity contribution in [1.29, 1.82) is 0 Å². The fourth-order valence-corrected chi connectivity index (χ4v) is 2.42. The van der Waals surface area contributed by atoms with Gasteiger partial charge in [-0.05, 0) is 5.56 Å². The summed E-state index contributed by atoms with van der Waals surface area (Å²) in [6.45, 7) is 0. The van der Waals surface area contributed by atoms with E-state index in [1.165, 1.54) is 30.4 Å². The lowest BCUT2D eigenvalue weighted by molar-refractivity contribution is 0.172. The number of rotatable bonds is 3. The Kier molecular flexibility index (Phi) is 4.43. The lowest BCUT2D eigenvalue weighted by Gasteiger charge is -2.13. The maximum atomic E-state index is 12.9. The van der Waals surface area contributed by atoms with Crippen molar-refractivity contribution in [3.8, 4) is 22.6 Å². The van der Waals surface area contributed by atoms with E-state index in [2.05, 4.69) is 0 Å². The first kappa shape index (κ1) is 16.6. The van der Waals surface area contributed by atoms with Crippen molar-refractivity contribution in [2.45, 2.75) is 0 Å². The maximum Gasteiger partial charge on any atom is 0.414 e. The van der Waals surface area contributed by atoms with Crippen molar-refractivity contribution in [2.24, 2.45) is 0 Å². The van der Waals surface area contributed by atoms with Crippen molar-refractivity contribution < 1.29 is 18.7 Å². The zero-order valence-electron chi connectivity index (χ0n) is 14.1. The smallest absolute Gasteiger partial charge is 0.414 e. The highest BCUT2D eigenvalue weighted by Crippen LogP contribution is 2.31. The number of carbonyl (C=O) groups is 1. The van der Waals surface area contributed by atoms with E-state index in [1.807, 2.05) is 30.3 Å². The molecule has 0 atom stereocenters. The average Bonchev–Trinajstić information content (AvgIpc) is 2.61. The Morgan fingerprint density at radius 3 is 2.48 bits per heavy atom. The van der Waals surface area contributed by atoms with Crippen LogP contribution in [0.1, 0.15) is 0 Å². The van der Waals surface area contributed by atoms with Gasteiger partial charge >= 0.3 is 6.09 Å². The number of carbonyl (C=O) groups excluding carboxylic acids is 1. The fraction of sp³-hybridized carbons (Fsp3) is 0.158. The molecule has 0 aliphatic rings. The monoisotopic (exact) mass is 339 g/mol. The minimum Gasteiger partial charge on any atom is -0.496 e. The highest BCUT2D eigenvalue weighted by Gasteiger charge is 2.17. The molecule has 0 radical (unpaired) electrons. The van der Waals surface area contributed by atoms with Gasteiger partial charge in [-0.1, -0.05) is 30.3 Å². The summed E-state index contributed by atoms with van der Waals surface area (Å²) in [4.78, 5) is 25.9. The number of benzene rings is 2. The Morgan fingerprint density at radius 1 is 1.12 bits per heavy atom. The lowest BCUT2D eigenvalue weighted by atomic mass is 10.1. The summed E-state index contributed by atoms with van der Waals surface area (Å²) in [6, 6.07) is 12.2. The third-order valence-electron chi connectivity index (χ3n) is 3.69. The van der Waals surface area contributed by atoms with Crippen LogP contribution in [0.15, 0.2) is 57.9 Å². The van der Waals surface area contributed by atoms with Crippen LogP contribution >= 0.6 is 0 Å². The van der Waals surface area contributed by atoms with Crippen molar-refractivity contribution in [2.75, 3.05) is 21.2 Å². The molecule has 25 heavy (non-hydrogen) atoms. The van der Waals surface area contributed by atoms with Crippen LogP contribution in [0, 0.1) is 0 Å². The number of amides is 1. The molecule has 0 N–H and O–H groups in total. The molecular weight excluding hydrogens is 322 g/mol. The summed E-state index contributed by atoms with van der Waals surface area (Å²) in [5, 5.41) is 0.300. The first-order valence-electron chi connectivity index (χ1n) is 7.59. The van der Waals surface area contributed by atoms with Gasteiger partial charge in [-0.15, -0.1) is 0 Å². The standard InChI is InChI=1S/C19H17NO5/c1-20(2)19(22)25-13-9-15(23-3)17-16(10-13)24-11-14(18(17)21)12-7-5-4-6-8-12/h4-11H,1-3H3. The molecule has 0 aliphatic carbocycles. The second kappa shape index (κ2) is 6.68. The molecule has 1 aromatic heterocycles. The third-order valence-corrected chi connectivity index (χ3v) is 3.69. The number of methoxy groups -OCH3 is 1. The summed E-state index contributed by atoms with van der Waals surface area (Å²) in [5.74, 6) is 0.518. The van der Waals surface area contributed by atoms with Crippen LogP contribution < -0.4 is 14.9 Å². The van der Waals surface area contributed by atoms with Crippen LogP contribution in [-0.2, 0) is 0 Å². The topological polar surface area (TPSA) is 69.0 Å². The maximum absolute atomic E-state index is 12.9. The van der Waals surface area contributed by atoms with E-state index in [0.29, 0.717) is 10.9 Å². The highest BCUT2D eigenvalue weighted by atomic mass is 16.6. The minimum absolute atomic E-state index is 0.213. The quantitative estimate of drug-likeness (QED) is 0.730. The van der Waals surface area contributed by atoms with Crippen LogP contribution in [-0.4, -0.2) is 32.2 Å². The fourth-order valence-electron chi connectivity index (χ4n) is 2.42. The number of fused-ring (bicyclic) bond motifs is 1. The summed E-state index contributed by atoms with van der Waals surface area (Å²) >= 11 is 0. The molecule has 6 heteroatoms. The molecule has 128 valence electrons. The van der Waals surface area contributed by atoms with Gasteiger partial charge in [0.2, 0.25) is 5.43 Å². The van der Waals surface area contributed by atoms with Gasteiger partial charge in [0, 0.05) is 26.2 Å².